The number of carbonyl (C=O) groups excluding carboxylic acids is 1. The van der Waals surface area contributed by atoms with Gasteiger partial charge in [0.1, 0.15) is 5.75 Å². The van der Waals surface area contributed by atoms with Gasteiger partial charge in [0.05, 0.1) is 12.7 Å². The molecule has 1 aliphatic carbocycles. The van der Waals surface area contributed by atoms with E-state index in [0.29, 0.717) is 30.3 Å². The molecule has 1 fully saturated rings. The van der Waals surface area contributed by atoms with Crippen molar-refractivity contribution in [1.82, 2.24) is 4.90 Å². The smallest absolute Gasteiger partial charge is 0.255 e. The molecule has 0 atom stereocenters. The van der Waals surface area contributed by atoms with Crippen LogP contribution in [0.2, 0.25) is 0 Å². The van der Waals surface area contributed by atoms with E-state index in [2.05, 4.69) is 15.9 Å². The summed E-state index contributed by atoms with van der Waals surface area (Å²) in [5.41, 5.74) is 0.620. The second-order valence-corrected chi connectivity index (χ2v) is 5.86. The molecular weight excluding hydrogens is 322 g/mol. The van der Waals surface area contributed by atoms with Gasteiger partial charge in [-0.25, -0.2) is 0 Å². The molecule has 0 saturated heterocycles. The topological polar surface area (TPSA) is 49.8 Å². The minimum absolute atomic E-state index is 0.00826. The van der Waals surface area contributed by atoms with Crippen LogP contribution in [0.3, 0.4) is 0 Å². The van der Waals surface area contributed by atoms with Gasteiger partial charge < -0.3 is 14.7 Å². The van der Waals surface area contributed by atoms with Gasteiger partial charge in [-0.3, -0.25) is 4.79 Å². The number of benzene rings is 1. The molecule has 0 aliphatic heterocycles. The molecule has 4 nitrogen and oxygen atoms in total. The largest absolute Gasteiger partial charge is 0.497 e. The van der Waals surface area contributed by atoms with E-state index in [4.69, 9.17) is 9.84 Å². The third-order valence-corrected chi connectivity index (χ3v) is 4.43. The van der Waals surface area contributed by atoms with Crippen molar-refractivity contribution in [2.75, 3.05) is 20.3 Å². The third kappa shape index (κ3) is 3.33. The Morgan fingerprint density at radius 2 is 2.25 bits per heavy atom. The van der Waals surface area contributed by atoms with Crippen molar-refractivity contribution in [3.8, 4) is 5.75 Å². The van der Waals surface area contributed by atoms with Gasteiger partial charge in [-0.1, -0.05) is 0 Å². The lowest BCUT2D eigenvalue weighted by Crippen LogP contribution is -2.45. The Morgan fingerprint density at radius 3 is 2.80 bits per heavy atom. The van der Waals surface area contributed by atoms with Crippen LogP contribution in [0.1, 0.15) is 36.0 Å². The molecule has 0 spiro atoms. The molecule has 0 bridgehead atoms. The van der Waals surface area contributed by atoms with Gasteiger partial charge in [-0.15, -0.1) is 0 Å². The van der Waals surface area contributed by atoms with E-state index in [-0.39, 0.29) is 12.5 Å². The zero-order valence-corrected chi connectivity index (χ0v) is 13.2. The molecule has 0 unspecified atom stereocenters. The van der Waals surface area contributed by atoms with E-state index >= 15 is 0 Å². The molecule has 0 radical (unpaired) electrons. The second kappa shape index (κ2) is 7.09. The number of aliphatic hydroxyl groups excluding tert-OH is 1. The number of rotatable bonds is 6. The van der Waals surface area contributed by atoms with Crippen molar-refractivity contribution in [3.63, 3.8) is 0 Å². The third-order valence-electron chi connectivity index (χ3n) is 3.74. The summed E-state index contributed by atoms with van der Waals surface area (Å²) in [5, 5.41) is 9.01. The average molecular weight is 342 g/mol. The fourth-order valence-electron chi connectivity index (χ4n) is 2.34. The molecule has 1 aromatic carbocycles. The summed E-state index contributed by atoms with van der Waals surface area (Å²) < 4.78 is 5.96. The van der Waals surface area contributed by atoms with Crippen molar-refractivity contribution in [2.24, 2.45) is 0 Å². The molecule has 2 rings (SSSR count). The highest BCUT2D eigenvalue weighted by molar-refractivity contribution is 9.10. The Bertz CT molecular complexity index is 474. The highest BCUT2D eigenvalue weighted by Crippen LogP contribution is 2.29. The number of halogens is 1. The standard InChI is InChI=1S/C15H20BrNO3/c1-20-12-6-7-14(16)13(10-12)15(19)17(8-3-9-18)11-4-2-5-11/h6-7,10-11,18H,2-5,8-9H2,1H3. The Labute approximate surface area is 127 Å². The summed E-state index contributed by atoms with van der Waals surface area (Å²) in [6, 6.07) is 5.73. The summed E-state index contributed by atoms with van der Waals surface area (Å²) in [6.45, 7) is 0.708. The molecule has 0 heterocycles. The first-order valence-corrected chi connectivity index (χ1v) is 7.72. The Morgan fingerprint density at radius 1 is 1.50 bits per heavy atom. The van der Waals surface area contributed by atoms with Crippen molar-refractivity contribution in [3.05, 3.63) is 28.2 Å². The number of hydrogen-bond donors (Lipinski definition) is 1. The summed E-state index contributed by atoms with van der Waals surface area (Å²) in [6.07, 6.45) is 3.90. The van der Waals surface area contributed by atoms with E-state index in [0.717, 1.165) is 17.3 Å². The van der Waals surface area contributed by atoms with Crippen LogP contribution in [0.25, 0.3) is 0 Å². The predicted octanol–water partition coefficient (Wildman–Crippen LogP) is 2.83. The number of aliphatic hydroxyl groups is 1. The van der Waals surface area contributed by atoms with Crippen LogP contribution >= 0.6 is 15.9 Å². The van der Waals surface area contributed by atoms with Crippen molar-refractivity contribution < 1.29 is 14.6 Å². The fraction of sp³-hybridized carbons (Fsp3) is 0.533. The van der Waals surface area contributed by atoms with Crippen LogP contribution in [0.4, 0.5) is 0 Å². The second-order valence-electron chi connectivity index (χ2n) is 5.01. The lowest BCUT2D eigenvalue weighted by Gasteiger charge is -2.37. The monoisotopic (exact) mass is 341 g/mol. The maximum Gasteiger partial charge on any atom is 0.255 e. The summed E-state index contributed by atoms with van der Waals surface area (Å²) in [5.74, 6) is 0.682. The van der Waals surface area contributed by atoms with Crippen LogP contribution in [0, 0.1) is 0 Å². The van der Waals surface area contributed by atoms with E-state index in [9.17, 15) is 4.79 Å². The van der Waals surface area contributed by atoms with Gasteiger partial charge in [0, 0.05) is 23.7 Å². The normalized spacial score (nSPS) is 14.8. The van der Waals surface area contributed by atoms with Gasteiger partial charge in [0.15, 0.2) is 0 Å². The van der Waals surface area contributed by atoms with Crippen LogP contribution < -0.4 is 4.74 Å². The molecule has 1 N–H and O–H groups in total. The van der Waals surface area contributed by atoms with Gasteiger partial charge in [0.25, 0.3) is 5.91 Å². The molecule has 1 aliphatic rings. The van der Waals surface area contributed by atoms with Gasteiger partial charge >= 0.3 is 0 Å². The zero-order valence-electron chi connectivity index (χ0n) is 11.6. The van der Waals surface area contributed by atoms with Crippen molar-refractivity contribution in [2.45, 2.75) is 31.7 Å². The minimum Gasteiger partial charge on any atom is -0.497 e. The molecule has 1 aromatic rings. The highest BCUT2D eigenvalue weighted by Gasteiger charge is 2.30. The number of amides is 1. The Kier molecular flexibility index (Phi) is 5.43. The highest BCUT2D eigenvalue weighted by atomic mass is 79.9. The molecule has 20 heavy (non-hydrogen) atoms. The minimum atomic E-state index is 0.00826. The first kappa shape index (κ1) is 15.3. The van der Waals surface area contributed by atoms with Crippen LogP contribution in [-0.2, 0) is 0 Å². The average Bonchev–Trinajstić information content (AvgIpc) is 2.41. The lowest BCUT2D eigenvalue weighted by atomic mass is 9.90. The summed E-state index contributed by atoms with van der Waals surface area (Å²) in [7, 11) is 1.59. The van der Waals surface area contributed by atoms with Crippen LogP contribution in [-0.4, -0.2) is 42.2 Å². The summed E-state index contributed by atoms with van der Waals surface area (Å²) >= 11 is 3.43. The number of nitrogens with zero attached hydrogens (tertiary/aromatic N) is 1. The van der Waals surface area contributed by atoms with Gasteiger partial charge in [0.2, 0.25) is 0 Å². The Hall–Kier alpha value is -1.07. The van der Waals surface area contributed by atoms with Crippen LogP contribution in [0.15, 0.2) is 22.7 Å². The lowest BCUT2D eigenvalue weighted by molar-refractivity contribution is 0.0561. The molecular formula is C15H20BrNO3. The number of ether oxygens (including phenoxy) is 1. The number of carbonyl (C=O) groups is 1. The van der Waals surface area contributed by atoms with E-state index in [1.807, 2.05) is 17.0 Å². The van der Waals surface area contributed by atoms with E-state index in [1.165, 1.54) is 6.42 Å². The quantitative estimate of drug-likeness (QED) is 0.865. The van der Waals surface area contributed by atoms with Crippen molar-refractivity contribution >= 4 is 21.8 Å². The first-order chi connectivity index (χ1) is 9.67. The molecule has 110 valence electrons. The van der Waals surface area contributed by atoms with Gasteiger partial charge in [-0.05, 0) is 59.8 Å². The SMILES string of the molecule is COc1ccc(Br)c(C(=O)N(CCCO)C2CCC2)c1. The summed E-state index contributed by atoms with van der Waals surface area (Å²) in [4.78, 5) is 14.6. The molecule has 5 heteroatoms. The number of hydrogen-bond acceptors (Lipinski definition) is 3. The maximum absolute atomic E-state index is 12.7. The van der Waals surface area contributed by atoms with Gasteiger partial charge in [-0.2, -0.15) is 0 Å². The van der Waals surface area contributed by atoms with Crippen molar-refractivity contribution in [1.29, 1.82) is 0 Å². The van der Waals surface area contributed by atoms with Crippen LogP contribution in [0.5, 0.6) is 5.75 Å². The Balaban J connectivity index is 2.21. The molecule has 1 amide bonds. The van der Waals surface area contributed by atoms with E-state index < -0.39 is 0 Å². The molecule has 0 aromatic heterocycles. The first-order valence-electron chi connectivity index (χ1n) is 6.92. The molecule has 1 saturated carbocycles. The maximum atomic E-state index is 12.7. The number of methoxy groups -OCH3 is 1. The van der Waals surface area contributed by atoms with E-state index in [1.54, 1.807) is 13.2 Å². The predicted molar refractivity (Wildman–Crippen MR) is 81.1 cm³/mol. The zero-order chi connectivity index (χ0) is 14.5. The fourth-order valence-corrected chi connectivity index (χ4v) is 2.76.